The highest BCUT2D eigenvalue weighted by Crippen LogP contribution is 2.41. The number of benzene rings is 2. The van der Waals surface area contributed by atoms with E-state index in [-0.39, 0.29) is 0 Å². The van der Waals surface area contributed by atoms with Gasteiger partial charge < -0.3 is 9.64 Å². The van der Waals surface area contributed by atoms with Crippen LogP contribution >= 0.6 is 11.5 Å². The molecular formula is C24H26N4OS. The van der Waals surface area contributed by atoms with Crippen molar-refractivity contribution >= 4 is 23.6 Å². The van der Waals surface area contributed by atoms with Gasteiger partial charge in [0.1, 0.15) is 17.4 Å². The van der Waals surface area contributed by atoms with Gasteiger partial charge in [-0.2, -0.15) is 9.64 Å². The summed E-state index contributed by atoms with van der Waals surface area (Å²) in [6, 6.07) is 16.4. The smallest absolute Gasteiger partial charge is 0.218 e. The molecule has 0 radical (unpaired) electrons. The monoisotopic (exact) mass is 418 g/mol. The SMILES string of the molecule is Cc1cc(Oc2snc(C(C)(C)c3ccccc3)c2C#N)c(C)cc1N=CN(C)C. The van der Waals surface area contributed by atoms with E-state index >= 15 is 0 Å². The fourth-order valence-electron chi connectivity index (χ4n) is 3.16. The van der Waals surface area contributed by atoms with Crippen LogP contribution in [0.1, 0.15) is 41.8 Å². The summed E-state index contributed by atoms with van der Waals surface area (Å²) in [6.45, 7) is 8.13. The van der Waals surface area contributed by atoms with Gasteiger partial charge in [0.2, 0.25) is 5.06 Å². The number of hydrogen-bond acceptors (Lipinski definition) is 5. The number of rotatable bonds is 6. The highest BCUT2D eigenvalue weighted by Gasteiger charge is 2.31. The molecule has 0 aliphatic rings. The van der Waals surface area contributed by atoms with E-state index in [0.29, 0.717) is 16.4 Å². The van der Waals surface area contributed by atoms with E-state index < -0.39 is 5.41 Å². The highest BCUT2D eigenvalue weighted by molar-refractivity contribution is 7.08. The number of aromatic nitrogens is 1. The molecule has 1 aromatic heterocycles. The molecule has 0 saturated carbocycles. The molecular weight excluding hydrogens is 392 g/mol. The fraction of sp³-hybridized carbons (Fsp3) is 0.292. The maximum Gasteiger partial charge on any atom is 0.218 e. The van der Waals surface area contributed by atoms with Crippen LogP contribution in [0.15, 0.2) is 47.5 Å². The first kappa shape index (κ1) is 21.5. The van der Waals surface area contributed by atoms with Crippen molar-refractivity contribution in [2.24, 2.45) is 4.99 Å². The lowest BCUT2D eigenvalue weighted by molar-refractivity contribution is 0.489. The van der Waals surface area contributed by atoms with Gasteiger partial charge in [-0.3, -0.25) is 0 Å². The van der Waals surface area contributed by atoms with Crippen molar-refractivity contribution in [3.05, 3.63) is 70.4 Å². The summed E-state index contributed by atoms with van der Waals surface area (Å²) < 4.78 is 10.8. The van der Waals surface area contributed by atoms with Gasteiger partial charge in [0.05, 0.1) is 17.7 Å². The molecule has 5 nitrogen and oxygen atoms in total. The zero-order valence-electron chi connectivity index (χ0n) is 18.2. The van der Waals surface area contributed by atoms with Crippen molar-refractivity contribution in [2.45, 2.75) is 33.1 Å². The van der Waals surface area contributed by atoms with Crippen molar-refractivity contribution in [2.75, 3.05) is 14.1 Å². The first-order valence-electron chi connectivity index (χ1n) is 9.69. The summed E-state index contributed by atoms with van der Waals surface area (Å²) in [4.78, 5) is 6.40. The molecule has 1 heterocycles. The van der Waals surface area contributed by atoms with Gasteiger partial charge in [0, 0.05) is 31.0 Å². The molecule has 0 aliphatic heterocycles. The number of aliphatic imine (C=N–C) groups is 1. The highest BCUT2D eigenvalue weighted by atomic mass is 32.1. The molecule has 0 bridgehead atoms. The van der Waals surface area contributed by atoms with E-state index in [4.69, 9.17) is 4.74 Å². The van der Waals surface area contributed by atoms with Crippen LogP contribution in [0.5, 0.6) is 10.8 Å². The molecule has 0 spiro atoms. The van der Waals surface area contributed by atoms with Crippen molar-refractivity contribution in [3.8, 4) is 16.9 Å². The van der Waals surface area contributed by atoms with E-state index in [1.165, 1.54) is 11.5 Å². The Balaban J connectivity index is 1.96. The van der Waals surface area contributed by atoms with Crippen LogP contribution in [-0.4, -0.2) is 29.7 Å². The maximum absolute atomic E-state index is 9.88. The van der Waals surface area contributed by atoms with Gasteiger partial charge >= 0.3 is 0 Å². The third-order valence-electron chi connectivity index (χ3n) is 4.98. The molecule has 0 fully saturated rings. The average molecular weight is 419 g/mol. The largest absolute Gasteiger partial charge is 0.443 e. The Labute approximate surface area is 182 Å². The maximum atomic E-state index is 9.88. The molecule has 3 aromatic rings. The Morgan fingerprint density at radius 1 is 1.13 bits per heavy atom. The minimum absolute atomic E-state index is 0.403. The number of nitriles is 1. The van der Waals surface area contributed by atoms with Gasteiger partial charge in [-0.05, 0) is 42.7 Å². The predicted octanol–water partition coefficient (Wildman–Crippen LogP) is 5.97. The summed E-state index contributed by atoms with van der Waals surface area (Å²) in [7, 11) is 3.87. The van der Waals surface area contributed by atoms with Crippen LogP contribution in [0.25, 0.3) is 0 Å². The first-order chi connectivity index (χ1) is 14.2. The Hall–Kier alpha value is -3.17. The molecule has 0 atom stereocenters. The van der Waals surface area contributed by atoms with E-state index in [0.717, 1.165) is 28.1 Å². The molecule has 6 heteroatoms. The minimum atomic E-state index is -0.403. The summed E-state index contributed by atoms with van der Waals surface area (Å²) >= 11 is 1.22. The van der Waals surface area contributed by atoms with Crippen molar-refractivity contribution < 1.29 is 4.74 Å². The molecule has 154 valence electrons. The second-order valence-corrected chi connectivity index (χ2v) is 8.75. The molecule has 2 aromatic carbocycles. The summed E-state index contributed by atoms with van der Waals surface area (Å²) in [5.74, 6) is 0.709. The summed E-state index contributed by atoms with van der Waals surface area (Å²) in [5.41, 5.74) is 4.77. The second-order valence-electron chi connectivity index (χ2n) is 8.01. The van der Waals surface area contributed by atoms with Gasteiger partial charge in [-0.25, -0.2) is 4.99 Å². The molecule has 3 rings (SSSR count). The van der Waals surface area contributed by atoms with Crippen molar-refractivity contribution in [1.82, 2.24) is 9.27 Å². The third kappa shape index (κ3) is 4.37. The van der Waals surface area contributed by atoms with E-state index in [1.54, 1.807) is 6.34 Å². The summed E-state index contributed by atoms with van der Waals surface area (Å²) in [5, 5.41) is 10.4. The van der Waals surface area contributed by atoms with Crippen LogP contribution < -0.4 is 4.74 Å². The lowest BCUT2D eigenvalue weighted by Gasteiger charge is -2.23. The molecule has 0 saturated heterocycles. The Kier molecular flexibility index (Phi) is 6.23. The lowest BCUT2D eigenvalue weighted by atomic mass is 9.80. The van der Waals surface area contributed by atoms with Gasteiger partial charge in [0.15, 0.2) is 0 Å². The number of ether oxygens (including phenoxy) is 1. The Morgan fingerprint density at radius 3 is 2.47 bits per heavy atom. The standard InChI is InChI=1S/C24H26N4OS/c1-16-13-21(17(2)12-20(16)26-15-28(5)6)29-23-19(14-25)22(27-30-23)24(3,4)18-10-8-7-9-11-18/h7-13,15H,1-6H3. The van der Waals surface area contributed by atoms with Crippen LogP contribution in [0.2, 0.25) is 0 Å². The first-order valence-corrected chi connectivity index (χ1v) is 10.5. The van der Waals surface area contributed by atoms with E-state index in [2.05, 4.69) is 41.4 Å². The lowest BCUT2D eigenvalue weighted by Crippen LogP contribution is -2.20. The Morgan fingerprint density at radius 2 is 1.83 bits per heavy atom. The molecule has 0 N–H and O–H groups in total. The van der Waals surface area contributed by atoms with Crippen LogP contribution in [0.4, 0.5) is 5.69 Å². The second kappa shape index (κ2) is 8.68. The normalized spacial score (nSPS) is 11.5. The van der Waals surface area contributed by atoms with Crippen LogP contribution in [0.3, 0.4) is 0 Å². The van der Waals surface area contributed by atoms with Gasteiger partial charge in [-0.1, -0.05) is 44.2 Å². The fourth-order valence-corrected chi connectivity index (χ4v) is 4.02. The zero-order chi connectivity index (χ0) is 21.9. The van der Waals surface area contributed by atoms with Crippen LogP contribution in [0, 0.1) is 25.2 Å². The third-order valence-corrected chi connectivity index (χ3v) is 5.71. The molecule has 30 heavy (non-hydrogen) atoms. The molecule has 0 unspecified atom stereocenters. The van der Waals surface area contributed by atoms with Crippen molar-refractivity contribution in [1.29, 1.82) is 5.26 Å². The number of hydrogen-bond donors (Lipinski definition) is 0. The zero-order valence-corrected chi connectivity index (χ0v) is 19.0. The molecule has 0 aliphatic carbocycles. The van der Waals surface area contributed by atoms with Crippen LogP contribution in [-0.2, 0) is 5.41 Å². The Bertz CT molecular complexity index is 1110. The van der Waals surface area contributed by atoms with Crippen molar-refractivity contribution in [3.63, 3.8) is 0 Å². The topological polar surface area (TPSA) is 61.5 Å². The van der Waals surface area contributed by atoms with Gasteiger partial charge in [0.25, 0.3) is 0 Å². The average Bonchev–Trinajstić information content (AvgIpc) is 3.13. The number of aryl methyl sites for hydroxylation is 2. The number of nitrogens with zero attached hydrogens (tertiary/aromatic N) is 4. The van der Waals surface area contributed by atoms with Gasteiger partial charge in [-0.15, -0.1) is 0 Å². The van der Waals surface area contributed by atoms with E-state index in [1.807, 2.05) is 63.2 Å². The predicted molar refractivity (Wildman–Crippen MR) is 123 cm³/mol. The van der Waals surface area contributed by atoms with E-state index in [9.17, 15) is 5.26 Å². The minimum Gasteiger partial charge on any atom is -0.443 e. The quantitative estimate of drug-likeness (QED) is 0.365. The summed E-state index contributed by atoms with van der Waals surface area (Å²) in [6.07, 6.45) is 1.78. The molecule has 0 amide bonds.